The van der Waals surface area contributed by atoms with Gasteiger partial charge in [-0.3, -0.25) is 0 Å². The summed E-state index contributed by atoms with van der Waals surface area (Å²) in [5, 5.41) is 0.139. The Labute approximate surface area is 77.5 Å². The van der Waals surface area contributed by atoms with E-state index in [2.05, 4.69) is 13.8 Å². The summed E-state index contributed by atoms with van der Waals surface area (Å²) in [6.07, 6.45) is 7.06. The fraction of sp³-hybridized carbons (Fsp3) is 1.00. The zero-order valence-electron chi connectivity index (χ0n) is 8.34. The van der Waals surface area contributed by atoms with Gasteiger partial charge in [-0.15, -0.1) is 0 Å². The van der Waals surface area contributed by atoms with Gasteiger partial charge in [-0.2, -0.15) is 0 Å². The fourth-order valence-electron chi connectivity index (χ4n) is 2.96. The second kappa shape index (κ2) is 2.78. The van der Waals surface area contributed by atoms with Crippen molar-refractivity contribution in [1.82, 2.24) is 0 Å². The zero-order valence-corrected chi connectivity index (χ0v) is 8.34. The van der Waals surface area contributed by atoms with Crippen LogP contribution in [0.4, 0.5) is 0 Å². The van der Waals surface area contributed by atoms with Gasteiger partial charge in [-0.05, 0) is 17.8 Å². The van der Waals surface area contributed by atoms with E-state index in [1.54, 1.807) is 0 Å². The molecule has 0 N–H and O–H groups in total. The highest BCUT2D eigenvalue weighted by molar-refractivity contribution is 6.15. The van der Waals surface area contributed by atoms with Crippen LogP contribution in [0, 0.1) is 17.8 Å². The van der Waals surface area contributed by atoms with Crippen LogP contribution in [0.1, 0.15) is 46.0 Å². The molecule has 0 nitrogen and oxygen atoms in total. The molecule has 2 aliphatic carbocycles. The van der Waals surface area contributed by atoms with Gasteiger partial charge >= 0.3 is 0 Å². The Bertz CT molecular complexity index is 170. The van der Waals surface area contributed by atoms with Crippen molar-refractivity contribution in [3.05, 3.63) is 0 Å². The van der Waals surface area contributed by atoms with E-state index in [9.17, 15) is 0 Å². The maximum absolute atomic E-state index is 6.23. The quantitative estimate of drug-likeness (QED) is 0.519. The van der Waals surface area contributed by atoms with E-state index in [1.807, 2.05) is 0 Å². The first-order valence-corrected chi connectivity index (χ1v) is 5.40. The molecule has 1 unspecified atom stereocenters. The Hall–Kier alpha value is 0.0649. The van der Waals surface area contributed by atoms with Crippen LogP contribution in [-0.4, -0.2) is 7.85 Å². The standard InChI is InChI=1S/C11H19B/c1-8-10(9-4-3-5-9)6-7-11(8,2)12/h8-10H,3-7H2,1-2H3/t8?,10-,11+/m1/s1. The van der Waals surface area contributed by atoms with E-state index < -0.39 is 0 Å². The normalized spacial score (nSPS) is 49.2. The Morgan fingerprint density at radius 3 is 2.25 bits per heavy atom. The smallest absolute Gasteiger partial charge is 0.0674 e. The zero-order chi connectivity index (χ0) is 8.77. The Morgan fingerprint density at radius 1 is 1.25 bits per heavy atom. The molecule has 3 atom stereocenters. The SMILES string of the molecule is [B][C@@]1(C)CC[C@@H](C2CCC2)C1C. The lowest BCUT2D eigenvalue weighted by atomic mass is 9.60. The summed E-state index contributed by atoms with van der Waals surface area (Å²) >= 11 is 0. The molecule has 0 saturated heterocycles. The van der Waals surface area contributed by atoms with Crippen molar-refractivity contribution in [2.75, 3.05) is 0 Å². The molecule has 0 spiro atoms. The van der Waals surface area contributed by atoms with Gasteiger partial charge in [-0.25, -0.2) is 0 Å². The molecule has 1 heteroatoms. The first-order valence-electron chi connectivity index (χ1n) is 5.40. The average Bonchev–Trinajstić information content (AvgIpc) is 2.12. The molecule has 0 aromatic rings. The predicted octanol–water partition coefficient (Wildman–Crippen LogP) is 3.18. The van der Waals surface area contributed by atoms with Crippen molar-refractivity contribution < 1.29 is 0 Å². The largest absolute Gasteiger partial charge is 0.0746 e. The molecule has 2 fully saturated rings. The fourth-order valence-corrected chi connectivity index (χ4v) is 2.96. The minimum atomic E-state index is 0.139. The summed E-state index contributed by atoms with van der Waals surface area (Å²) in [7, 11) is 6.23. The van der Waals surface area contributed by atoms with E-state index in [1.165, 1.54) is 32.1 Å². The van der Waals surface area contributed by atoms with Crippen molar-refractivity contribution in [3.8, 4) is 0 Å². The molecular formula is C11H19B. The molecule has 2 aliphatic rings. The Morgan fingerprint density at radius 2 is 1.92 bits per heavy atom. The number of hydrogen-bond donors (Lipinski definition) is 0. The lowest BCUT2D eigenvalue weighted by Gasteiger charge is -2.37. The first-order chi connectivity index (χ1) is 5.61. The highest BCUT2D eigenvalue weighted by atomic mass is 14.5. The van der Waals surface area contributed by atoms with Crippen molar-refractivity contribution in [1.29, 1.82) is 0 Å². The van der Waals surface area contributed by atoms with Gasteiger partial charge in [-0.1, -0.05) is 51.3 Å². The molecule has 0 amide bonds. The monoisotopic (exact) mass is 162 g/mol. The van der Waals surface area contributed by atoms with Crippen LogP contribution in [0.2, 0.25) is 5.31 Å². The van der Waals surface area contributed by atoms with Gasteiger partial charge in [0.1, 0.15) is 0 Å². The maximum atomic E-state index is 6.23. The third-order valence-electron chi connectivity index (χ3n) is 4.45. The molecule has 2 radical (unpaired) electrons. The van der Waals surface area contributed by atoms with E-state index in [0.29, 0.717) is 0 Å². The minimum absolute atomic E-state index is 0.139. The first kappa shape index (κ1) is 8.65. The average molecular weight is 162 g/mol. The van der Waals surface area contributed by atoms with Gasteiger partial charge in [0.2, 0.25) is 0 Å². The van der Waals surface area contributed by atoms with Crippen LogP contribution in [0.3, 0.4) is 0 Å². The third kappa shape index (κ3) is 1.22. The summed E-state index contributed by atoms with van der Waals surface area (Å²) in [5.41, 5.74) is 0. The van der Waals surface area contributed by atoms with Crippen LogP contribution in [0.5, 0.6) is 0 Å². The maximum Gasteiger partial charge on any atom is 0.0746 e. The van der Waals surface area contributed by atoms with Gasteiger partial charge in [0.15, 0.2) is 0 Å². The highest BCUT2D eigenvalue weighted by Gasteiger charge is 2.42. The highest BCUT2D eigenvalue weighted by Crippen LogP contribution is 2.55. The van der Waals surface area contributed by atoms with Gasteiger partial charge in [0.25, 0.3) is 0 Å². The summed E-state index contributed by atoms with van der Waals surface area (Å²) in [6, 6.07) is 0. The van der Waals surface area contributed by atoms with Crippen LogP contribution in [0.25, 0.3) is 0 Å². The van der Waals surface area contributed by atoms with E-state index >= 15 is 0 Å². The second-order valence-electron chi connectivity index (χ2n) is 5.19. The molecule has 66 valence electrons. The molecule has 0 aromatic heterocycles. The van der Waals surface area contributed by atoms with E-state index in [0.717, 1.165) is 17.8 Å². The van der Waals surface area contributed by atoms with Crippen LogP contribution in [0.15, 0.2) is 0 Å². The van der Waals surface area contributed by atoms with Gasteiger partial charge in [0.05, 0.1) is 7.85 Å². The molecule has 2 saturated carbocycles. The topological polar surface area (TPSA) is 0 Å². The molecule has 12 heavy (non-hydrogen) atoms. The van der Waals surface area contributed by atoms with Gasteiger partial charge in [0, 0.05) is 0 Å². The predicted molar refractivity (Wildman–Crippen MR) is 53.4 cm³/mol. The summed E-state index contributed by atoms with van der Waals surface area (Å²) in [5.74, 6) is 2.74. The van der Waals surface area contributed by atoms with Crippen LogP contribution >= 0.6 is 0 Å². The van der Waals surface area contributed by atoms with Gasteiger partial charge < -0.3 is 0 Å². The molecule has 0 heterocycles. The Kier molecular flexibility index (Phi) is 2.01. The van der Waals surface area contributed by atoms with Crippen LogP contribution < -0.4 is 0 Å². The molecule has 2 rings (SSSR count). The summed E-state index contributed by atoms with van der Waals surface area (Å²) in [4.78, 5) is 0. The second-order valence-corrected chi connectivity index (χ2v) is 5.19. The summed E-state index contributed by atoms with van der Waals surface area (Å²) < 4.78 is 0. The van der Waals surface area contributed by atoms with Crippen LogP contribution in [-0.2, 0) is 0 Å². The minimum Gasteiger partial charge on any atom is -0.0674 e. The lowest BCUT2D eigenvalue weighted by Crippen LogP contribution is -2.26. The molecule has 0 bridgehead atoms. The van der Waals surface area contributed by atoms with Crippen molar-refractivity contribution in [2.45, 2.75) is 51.3 Å². The summed E-state index contributed by atoms with van der Waals surface area (Å²) in [6.45, 7) is 4.59. The number of rotatable bonds is 1. The molecule has 0 aliphatic heterocycles. The van der Waals surface area contributed by atoms with Crippen molar-refractivity contribution in [2.24, 2.45) is 17.8 Å². The van der Waals surface area contributed by atoms with E-state index in [-0.39, 0.29) is 5.31 Å². The van der Waals surface area contributed by atoms with Crippen molar-refractivity contribution in [3.63, 3.8) is 0 Å². The lowest BCUT2D eigenvalue weighted by molar-refractivity contribution is 0.165. The Balaban J connectivity index is 2.00. The number of hydrogen-bond acceptors (Lipinski definition) is 0. The van der Waals surface area contributed by atoms with Crippen molar-refractivity contribution >= 4 is 7.85 Å². The third-order valence-corrected chi connectivity index (χ3v) is 4.45. The molecular weight excluding hydrogens is 143 g/mol. The molecule has 0 aromatic carbocycles. The van der Waals surface area contributed by atoms with E-state index in [4.69, 9.17) is 7.85 Å².